The Balaban J connectivity index is 2.16. The lowest BCUT2D eigenvalue weighted by Crippen LogP contribution is -2.17. The first-order chi connectivity index (χ1) is 11.0. The summed E-state index contributed by atoms with van der Waals surface area (Å²) in [4.78, 5) is 22.2. The number of hydrogen-bond donors (Lipinski definition) is 1. The van der Waals surface area contributed by atoms with Gasteiger partial charge >= 0.3 is 6.01 Å². The normalized spacial score (nSPS) is 10.6. The largest absolute Gasteiger partial charge is 0.467 e. The first-order valence-electron chi connectivity index (χ1n) is 7.14. The number of anilines is 2. The summed E-state index contributed by atoms with van der Waals surface area (Å²) in [6.07, 6.45) is 4.80. The maximum Gasteiger partial charge on any atom is 0.318 e. The molecule has 0 aliphatic heterocycles. The SMILES string of the molecule is COc1ncc(NC(=O)/C=C/c2ccccc2C)c(N(C)C)n1. The number of aromatic nitrogens is 2. The maximum absolute atomic E-state index is 12.1. The molecule has 0 bridgehead atoms. The molecule has 6 heteroatoms. The van der Waals surface area contributed by atoms with Crippen LogP contribution in [-0.2, 0) is 4.79 Å². The molecule has 0 aliphatic rings. The third-order valence-electron chi connectivity index (χ3n) is 3.21. The van der Waals surface area contributed by atoms with Crippen molar-refractivity contribution in [2.75, 3.05) is 31.4 Å². The van der Waals surface area contributed by atoms with E-state index < -0.39 is 0 Å². The highest BCUT2D eigenvalue weighted by atomic mass is 16.5. The molecule has 0 aliphatic carbocycles. The summed E-state index contributed by atoms with van der Waals surface area (Å²) in [7, 11) is 5.17. The number of ether oxygens (including phenoxy) is 1. The van der Waals surface area contributed by atoms with Crippen LogP contribution in [0.4, 0.5) is 11.5 Å². The Kier molecular flexibility index (Phi) is 5.30. The second-order valence-corrected chi connectivity index (χ2v) is 5.17. The van der Waals surface area contributed by atoms with Crippen LogP contribution in [0, 0.1) is 6.92 Å². The van der Waals surface area contributed by atoms with Gasteiger partial charge in [-0.3, -0.25) is 4.79 Å². The van der Waals surface area contributed by atoms with Gasteiger partial charge in [-0.15, -0.1) is 0 Å². The van der Waals surface area contributed by atoms with E-state index in [1.54, 1.807) is 11.0 Å². The van der Waals surface area contributed by atoms with Crippen LogP contribution in [-0.4, -0.2) is 37.1 Å². The summed E-state index contributed by atoms with van der Waals surface area (Å²) >= 11 is 0. The minimum absolute atomic E-state index is 0.245. The Morgan fingerprint density at radius 2 is 2.04 bits per heavy atom. The highest BCUT2D eigenvalue weighted by Crippen LogP contribution is 2.22. The summed E-state index contributed by atoms with van der Waals surface area (Å²) in [5.74, 6) is 0.333. The van der Waals surface area contributed by atoms with Crippen LogP contribution in [0.1, 0.15) is 11.1 Å². The van der Waals surface area contributed by atoms with Gasteiger partial charge in [0.15, 0.2) is 5.82 Å². The van der Waals surface area contributed by atoms with Crippen LogP contribution in [0.5, 0.6) is 6.01 Å². The molecule has 1 aromatic carbocycles. The minimum atomic E-state index is -0.245. The number of carbonyl (C=O) groups excluding carboxylic acids is 1. The van der Waals surface area contributed by atoms with Crippen molar-refractivity contribution in [3.63, 3.8) is 0 Å². The number of nitrogens with zero attached hydrogens (tertiary/aromatic N) is 3. The van der Waals surface area contributed by atoms with Crippen LogP contribution in [0.15, 0.2) is 36.5 Å². The molecule has 1 N–H and O–H groups in total. The van der Waals surface area contributed by atoms with E-state index in [1.165, 1.54) is 19.4 Å². The predicted octanol–water partition coefficient (Wildman–Crippen LogP) is 2.51. The van der Waals surface area contributed by atoms with E-state index >= 15 is 0 Å². The van der Waals surface area contributed by atoms with Crippen molar-refractivity contribution in [1.29, 1.82) is 0 Å². The fraction of sp³-hybridized carbons (Fsp3) is 0.235. The van der Waals surface area contributed by atoms with E-state index in [-0.39, 0.29) is 11.9 Å². The Morgan fingerprint density at radius 3 is 2.70 bits per heavy atom. The molecule has 0 saturated carbocycles. The van der Waals surface area contributed by atoms with Crippen molar-refractivity contribution in [2.24, 2.45) is 0 Å². The summed E-state index contributed by atoms with van der Waals surface area (Å²) in [6, 6.07) is 8.11. The highest BCUT2D eigenvalue weighted by Gasteiger charge is 2.11. The van der Waals surface area contributed by atoms with Gasteiger partial charge in [0.1, 0.15) is 5.69 Å². The summed E-state index contributed by atoms with van der Waals surface area (Å²) in [5, 5.41) is 2.78. The van der Waals surface area contributed by atoms with Crippen LogP contribution in [0.25, 0.3) is 6.08 Å². The smallest absolute Gasteiger partial charge is 0.318 e. The van der Waals surface area contributed by atoms with Gasteiger partial charge in [0.05, 0.1) is 13.3 Å². The molecule has 1 amide bonds. The van der Waals surface area contributed by atoms with Gasteiger partial charge in [0.25, 0.3) is 0 Å². The molecule has 120 valence electrons. The zero-order chi connectivity index (χ0) is 16.8. The monoisotopic (exact) mass is 312 g/mol. The van der Waals surface area contributed by atoms with E-state index in [9.17, 15) is 4.79 Å². The van der Waals surface area contributed by atoms with Crippen molar-refractivity contribution in [2.45, 2.75) is 6.92 Å². The first-order valence-corrected chi connectivity index (χ1v) is 7.14. The van der Waals surface area contributed by atoms with E-state index in [4.69, 9.17) is 4.74 Å². The predicted molar refractivity (Wildman–Crippen MR) is 91.8 cm³/mol. The van der Waals surface area contributed by atoms with E-state index in [0.717, 1.165) is 11.1 Å². The van der Waals surface area contributed by atoms with Gasteiger partial charge in [0, 0.05) is 20.2 Å². The molecule has 6 nitrogen and oxygen atoms in total. The summed E-state index contributed by atoms with van der Waals surface area (Å²) < 4.78 is 5.01. The fourth-order valence-corrected chi connectivity index (χ4v) is 2.00. The molecule has 2 rings (SSSR count). The number of aryl methyl sites for hydroxylation is 1. The average Bonchev–Trinajstić information content (AvgIpc) is 2.54. The Bertz CT molecular complexity index is 726. The van der Waals surface area contributed by atoms with Crippen molar-refractivity contribution in [3.05, 3.63) is 47.7 Å². The molecule has 1 aromatic heterocycles. The lowest BCUT2D eigenvalue weighted by Gasteiger charge is -2.16. The summed E-state index contributed by atoms with van der Waals surface area (Å²) in [6.45, 7) is 2.00. The number of methoxy groups -OCH3 is 1. The van der Waals surface area contributed by atoms with Crippen molar-refractivity contribution in [1.82, 2.24) is 9.97 Å². The van der Waals surface area contributed by atoms with Crippen LogP contribution in [0.2, 0.25) is 0 Å². The van der Waals surface area contributed by atoms with Gasteiger partial charge in [0.2, 0.25) is 5.91 Å². The topological polar surface area (TPSA) is 67.3 Å². The molecule has 23 heavy (non-hydrogen) atoms. The zero-order valence-electron chi connectivity index (χ0n) is 13.7. The highest BCUT2D eigenvalue weighted by molar-refractivity contribution is 6.03. The molecule has 1 heterocycles. The molecular formula is C17H20N4O2. The number of amides is 1. The third-order valence-corrected chi connectivity index (χ3v) is 3.21. The summed E-state index contributed by atoms with van der Waals surface area (Å²) in [5.41, 5.74) is 2.63. The second kappa shape index (κ2) is 7.40. The van der Waals surface area contributed by atoms with Crippen molar-refractivity contribution < 1.29 is 9.53 Å². The number of rotatable bonds is 5. The maximum atomic E-state index is 12.1. The van der Waals surface area contributed by atoms with Crippen LogP contribution < -0.4 is 15.0 Å². The minimum Gasteiger partial charge on any atom is -0.467 e. The van der Waals surface area contributed by atoms with Gasteiger partial charge in [-0.05, 0) is 24.1 Å². The second-order valence-electron chi connectivity index (χ2n) is 5.17. The van der Waals surface area contributed by atoms with E-state index in [2.05, 4.69) is 15.3 Å². The number of hydrogen-bond acceptors (Lipinski definition) is 5. The van der Waals surface area contributed by atoms with Crippen molar-refractivity contribution >= 4 is 23.5 Å². The molecule has 0 unspecified atom stereocenters. The van der Waals surface area contributed by atoms with E-state index in [0.29, 0.717) is 11.5 Å². The number of carbonyl (C=O) groups is 1. The van der Waals surface area contributed by atoms with Gasteiger partial charge in [-0.25, -0.2) is 4.98 Å². The number of benzene rings is 1. The van der Waals surface area contributed by atoms with Crippen molar-refractivity contribution in [3.8, 4) is 6.01 Å². The Morgan fingerprint density at radius 1 is 1.30 bits per heavy atom. The molecular weight excluding hydrogens is 292 g/mol. The Hall–Kier alpha value is -2.89. The van der Waals surface area contributed by atoms with Crippen LogP contribution in [0.3, 0.4) is 0 Å². The average molecular weight is 312 g/mol. The van der Waals surface area contributed by atoms with Gasteiger partial charge in [-0.2, -0.15) is 4.98 Å². The quantitative estimate of drug-likeness (QED) is 0.859. The van der Waals surface area contributed by atoms with E-state index in [1.807, 2.05) is 45.3 Å². The molecule has 0 saturated heterocycles. The third kappa shape index (κ3) is 4.29. The van der Waals surface area contributed by atoms with Gasteiger partial charge in [-0.1, -0.05) is 24.3 Å². The lowest BCUT2D eigenvalue weighted by molar-refractivity contribution is -0.111. The molecule has 0 spiro atoms. The fourth-order valence-electron chi connectivity index (χ4n) is 2.00. The molecule has 0 fully saturated rings. The molecule has 0 radical (unpaired) electrons. The molecule has 0 atom stereocenters. The molecule has 2 aromatic rings. The van der Waals surface area contributed by atoms with Gasteiger partial charge < -0.3 is 15.0 Å². The van der Waals surface area contributed by atoms with Crippen LogP contribution >= 0.6 is 0 Å². The first kappa shape index (κ1) is 16.5. The zero-order valence-corrected chi connectivity index (χ0v) is 13.7. The lowest BCUT2D eigenvalue weighted by atomic mass is 10.1. The standard InChI is InChI=1S/C17H20N4O2/c1-12-7-5-6-8-13(12)9-10-15(22)19-14-11-18-17(23-4)20-16(14)21(2)3/h5-11H,1-4H3,(H,19,22)/b10-9+. The Labute approximate surface area is 135 Å². The number of nitrogens with one attached hydrogen (secondary N) is 1.